The van der Waals surface area contributed by atoms with Gasteiger partial charge in [0, 0.05) is 32.6 Å². The Labute approximate surface area is 210 Å². The highest BCUT2D eigenvalue weighted by Crippen LogP contribution is 2.53. The van der Waals surface area contributed by atoms with Gasteiger partial charge < -0.3 is 21.3 Å². The molecule has 0 aromatic rings. The van der Waals surface area contributed by atoms with Gasteiger partial charge in [-0.1, -0.05) is 51.9 Å². The summed E-state index contributed by atoms with van der Waals surface area (Å²) < 4.78 is 115. The van der Waals surface area contributed by atoms with Crippen LogP contribution in [-0.2, 0) is 0 Å². The molecule has 0 fully saturated rings. The van der Waals surface area contributed by atoms with E-state index >= 15 is 0 Å². The molecule has 0 radical (unpaired) electrons. The van der Waals surface area contributed by atoms with E-state index in [4.69, 9.17) is 0 Å². The van der Waals surface area contributed by atoms with Crippen molar-refractivity contribution in [1.82, 2.24) is 21.3 Å². The summed E-state index contributed by atoms with van der Waals surface area (Å²) in [5.74, 6) is -19.3. The molecule has 0 atom stereocenters. The number of alkyl halides is 9. The lowest BCUT2D eigenvalue weighted by Gasteiger charge is -2.33. The van der Waals surface area contributed by atoms with Crippen molar-refractivity contribution < 1.29 is 49.1 Å². The summed E-state index contributed by atoms with van der Waals surface area (Å²) in [6, 6.07) is -1.24. The summed E-state index contributed by atoms with van der Waals surface area (Å²) in [7, 11) is 0. The van der Waals surface area contributed by atoms with Gasteiger partial charge in [0.15, 0.2) is 0 Å². The number of unbranched alkanes of at least 4 members (excludes halogenated alkanes) is 8. The van der Waals surface area contributed by atoms with Crippen molar-refractivity contribution in [1.29, 1.82) is 0 Å². The molecule has 0 aliphatic heterocycles. The Balaban J connectivity index is 3.85. The van der Waals surface area contributed by atoms with Crippen LogP contribution in [0, 0.1) is 0 Å². The zero-order valence-corrected chi connectivity index (χ0v) is 20.8. The van der Waals surface area contributed by atoms with Crippen LogP contribution in [-0.4, -0.2) is 62.2 Å². The topological polar surface area (TPSA) is 82.3 Å². The molecule has 0 saturated carbocycles. The molecule has 0 aliphatic rings. The highest BCUT2D eigenvalue weighted by molar-refractivity contribution is 5.74. The van der Waals surface area contributed by atoms with E-state index in [-0.39, 0.29) is 12.6 Å². The zero-order valence-electron chi connectivity index (χ0n) is 20.8. The van der Waals surface area contributed by atoms with Gasteiger partial charge in [-0.3, -0.25) is 0 Å². The highest BCUT2D eigenvalue weighted by Gasteiger charge is 2.81. The number of urea groups is 2. The number of hydrogen-bond donors (Lipinski definition) is 4. The van der Waals surface area contributed by atoms with Gasteiger partial charge in [0.05, 0.1) is 0 Å². The molecule has 4 N–H and O–H groups in total. The third kappa shape index (κ3) is 12.8. The molecule has 4 amide bonds. The number of amides is 4. The van der Waals surface area contributed by atoms with Crippen molar-refractivity contribution in [3.8, 4) is 0 Å². The fraction of sp³-hybridized carbons (Fsp3) is 0.909. The van der Waals surface area contributed by atoms with Crippen LogP contribution >= 0.6 is 0 Å². The Bertz CT molecular complexity index is 663. The van der Waals surface area contributed by atoms with E-state index in [0.717, 1.165) is 51.4 Å². The minimum atomic E-state index is -6.94. The van der Waals surface area contributed by atoms with E-state index in [1.54, 1.807) is 5.32 Å². The predicted octanol–water partition coefficient (Wildman–Crippen LogP) is 6.36. The molecule has 0 bridgehead atoms. The zero-order chi connectivity index (χ0) is 28.6. The van der Waals surface area contributed by atoms with E-state index in [2.05, 4.69) is 22.9 Å². The number of rotatable bonds is 19. The van der Waals surface area contributed by atoms with Crippen LogP contribution in [0.1, 0.15) is 77.6 Å². The lowest BCUT2D eigenvalue weighted by molar-refractivity contribution is -0.396. The minimum absolute atomic E-state index is 0.116. The fourth-order valence-electron chi connectivity index (χ4n) is 3.14. The van der Waals surface area contributed by atoms with Crippen molar-refractivity contribution in [2.75, 3.05) is 26.2 Å². The summed E-state index contributed by atoms with van der Waals surface area (Å²) in [6.07, 6.45) is -0.115. The van der Waals surface area contributed by atoms with Gasteiger partial charge in [-0.15, -0.1) is 0 Å². The van der Waals surface area contributed by atoms with E-state index in [1.165, 1.54) is 0 Å². The Morgan fingerprint density at radius 2 is 0.865 bits per heavy atom. The summed E-state index contributed by atoms with van der Waals surface area (Å²) in [4.78, 5) is 23.1. The molecule has 0 rings (SSSR count). The quantitative estimate of drug-likeness (QED) is 0.110. The lowest BCUT2D eigenvalue weighted by atomic mass is 10.0. The standard InChI is InChI=1S/C22H37F9N4O2/c1-2-3-4-9-13-32-17(36)33-14-10-7-5-6-8-11-15-34-18(37)35-16-12-19(23,24)20(25,26)21(27,28)22(29,30)31/h2-16H2,1H3,(H2,32,33,36)(H2,34,35,37). The first-order valence-electron chi connectivity index (χ1n) is 12.3. The lowest BCUT2D eigenvalue weighted by Crippen LogP contribution is -2.61. The van der Waals surface area contributed by atoms with Gasteiger partial charge in [-0.05, 0) is 19.3 Å². The first kappa shape index (κ1) is 34.9. The first-order chi connectivity index (χ1) is 17.1. The second kappa shape index (κ2) is 16.7. The number of carbonyl (C=O) groups is 2. The molecule has 37 heavy (non-hydrogen) atoms. The monoisotopic (exact) mass is 560 g/mol. The van der Waals surface area contributed by atoms with E-state index < -0.39 is 42.9 Å². The molecule has 0 aromatic carbocycles. The van der Waals surface area contributed by atoms with Crippen LogP contribution in [0.3, 0.4) is 0 Å². The number of nitrogens with one attached hydrogen (secondary N) is 4. The Morgan fingerprint density at radius 1 is 0.514 bits per heavy atom. The Hall–Kier alpha value is -2.09. The van der Waals surface area contributed by atoms with Crippen molar-refractivity contribution in [3.05, 3.63) is 0 Å². The van der Waals surface area contributed by atoms with Gasteiger partial charge in [0.2, 0.25) is 0 Å². The van der Waals surface area contributed by atoms with Gasteiger partial charge >= 0.3 is 36.0 Å². The molecule has 0 aromatic heterocycles. The van der Waals surface area contributed by atoms with Crippen LogP contribution in [0.2, 0.25) is 0 Å². The second-order valence-electron chi connectivity index (χ2n) is 8.65. The molecule has 6 nitrogen and oxygen atoms in total. The molecule has 0 unspecified atom stereocenters. The van der Waals surface area contributed by atoms with Gasteiger partial charge in [-0.25, -0.2) is 9.59 Å². The largest absolute Gasteiger partial charge is 0.460 e. The molecule has 0 spiro atoms. The van der Waals surface area contributed by atoms with Crippen molar-refractivity contribution in [3.63, 3.8) is 0 Å². The van der Waals surface area contributed by atoms with Crippen LogP contribution < -0.4 is 21.3 Å². The molecular formula is C22H37F9N4O2. The maximum Gasteiger partial charge on any atom is 0.460 e. The van der Waals surface area contributed by atoms with Crippen molar-refractivity contribution in [2.24, 2.45) is 0 Å². The third-order valence-corrected chi connectivity index (χ3v) is 5.42. The number of hydrogen-bond acceptors (Lipinski definition) is 2. The van der Waals surface area contributed by atoms with Crippen molar-refractivity contribution >= 4 is 12.1 Å². The number of halogens is 9. The van der Waals surface area contributed by atoms with Crippen LogP contribution in [0.5, 0.6) is 0 Å². The highest BCUT2D eigenvalue weighted by atomic mass is 19.4. The second-order valence-corrected chi connectivity index (χ2v) is 8.65. The number of carbonyl (C=O) groups excluding carboxylic acids is 2. The smallest absolute Gasteiger partial charge is 0.338 e. The average Bonchev–Trinajstić information content (AvgIpc) is 2.79. The fourth-order valence-corrected chi connectivity index (χ4v) is 3.14. The third-order valence-electron chi connectivity index (χ3n) is 5.42. The first-order valence-corrected chi connectivity index (χ1v) is 12.3. The van der Waals surface area contributed by atoms with Crippen LogP contribution in [0.4, 0.5) is 49.1 Å². The van der Waals surface area contributed by atoms with Crippen molar-refractivity contribution in [2.45, 2.75) is 101 Å². The minimum Gasteiger partial charge on any atom is -0.338 e. The Kier molecular flexibility index (Phi) is 15.7. The van der Waals surface area contributed by atoms with E-state index in [0.29, 0.717) is 25.9 Å². The maximum absolute atomic E-state index is 13.4. The molecule has 220 valence electrons. The molecule has 0 saturated heterocycles. The van der Waals surface area contributed by atoms with Gasteiger partial charge in [0.25, 0.3) is 0 Å². The maximum atomic E-state index is 13.4. The molecule has 0 heterocycles. The molecule has 0 aliphatic carbocycles. The molecule has 15 heteroatoms. The van der Waals surface area contributed by atoms with Crippen LogP contribution in [0.25, 0.3) is 0 Å². The van der Waals surface area contributed by atoms with E-state index in [9.17, 15) is 49.1 Å². The predicted molar refractivity (Wildman–Crippen MR) is 120 cm³/mol. The van der Waals surface area contributed by atoms with Gasteiger partial charge in [0.1, 0.15) is 0 Å². The average molecular weight is 561 g/mol. The van der Waals surface area contributed by atoms with Crippen LogP contribution in [0.15, 0.2) is 0 Å². The normalized spacial score (nSPS) is 12.8. The molecular weight excluding hydrogens is 523 g/mol. The summed E-state index contributed by atoms with van der Waals surface area (Å²) >= 11 is 0. The summed E-state index contributed by atoms with van der Waals surface area (Å²) in [5.41, 5.74) is 0. The SMILES string of the molecule is CCCCCCNC(=O)NCCCCCCCCNC(=O)NCCC(F)(F)C(F)(F)C(F)(F)C(F)(F)F. The van der Waals surface area contributed by atoms with Gasteiger partial charge in [-0.2, -0.15) is 39.5 Å². The van der Waals surface area contributed by atoms with E-state index in [1.807, 2.05) is 0 Å². The summed E-state index contributed by atoms with van der Waals surface area (Å²) in [6.45, 7) is 2.16. The Morgan fingerprint density at radius 3 is 1.24 bits per heavy atom. The summed E-state index contributed by atoms with van der Waals surface area (Å²) in [5, 5.41) is 9.52.